The second-order valence-corrected chi connectivity index (χ2v) is 11.4. The van der Waals surface area contributed by atoms with Gasteiger partial charge in [0.2, 0.25) is 21.8 Å². The summed E-state index contributed by atoms with van der Waals surface area (Å²) in [6.07, 6.45) is 2.40. The number of hydrogen-bond acceptors (Lipinski definition) is 9. The summed E-state index contributed by atoms with van der Waals surface area (Å²) in [5, 5.41) is 15.0. The van der Waals surface area contributed by atoms with Gasteiger partial charge in [0.05, 0.1) is 16.0 Å². The van der Waals surface area contributed by atoms with Crippen molar-refractivity contribution in [3.8, 4) is 17.0 Å². The quantitative estimate of drug-likeness (QED) is 0.449. The second-order valence-electron chi connectivity index (χ2n) is 6.51. The van der Waals surface area contributed by atoms with Gasteiger partial charge in [-0.3, -0.25) is 4.79 Å². The Hall–Kier alpha value is -2.61. The van der Waals surface area contributed by atoms with Crippen LogP contribution in [0, 0.1) is 0 Å². The first-order valence-electron chi connectivity index (χ1n) is 8.47. The van der Waals surface area contributed by atoms with Crippen LogP contribution in [0.15, 0.2) is 36.5 Å². The predicted molar refractivity (Wildman–Crippen MR) is 113 cm³/mol. The van der Waals surface area contributed by atoms with Crippen LogP contribution < -0.4 is 10.5 Å². The molecule has 1 unspecified atom stereocenters. The maximum Gasteiger partial charge on any atom is 0.245 e. The number of amides is 1. The molecule has 0 saturated carbocycles. The topological polar surface area (TPSA) is 169 Å². The lowest BCUT2D eigenvalue weighted by atomic mass is 10.1. The first-order valence-corrected chi connectivity index (χ1v) is 13.0. The first-order chi connectivity index (χ1) is 13.9. The van der Waals surface area contributed by atoms with E-state index in [2.05, 4.69) is 15.3 Å². The molecule has 0 bridgehead atoms. The highest BCUT2D eigenvalue weighted by Gasteiger charge is 2.33. The van der Waals surface area contributed by atoms with E-state index >= 15 is 0 Å². The van der Waals surface area contributed by atoms with Crippen molar-refractivity contribution in [2.45, 2.75) is 5.25 Å². The second kappa shape index (κ2) is 8.26. The van der Waals surface area contributed by atoms with Gasteiger partial charge in [0, 0.05) is 30.6 Å². The number of aromatic hydroxyl groups is 1. The van der Waals surface area contributed by atoms with E-state index in [1.54, 1.807) is 24.3 Å². The lowest BCUT2D eigenvalue weighted by Gasteiger charge is -2.12. The van der Waals surface area contributed by atoms with E-state index in [-0.39, 0.29) is 17.4 Å². The smallest absolute Gasteiger partial charge is 0.245 e. The SMILES string of the molecule is CS(=O)(=O)C(C(=O)NCCS(N)(=O)=O)c1nc2cc(-c3ccc(O)nc3)ccc2s1. The number of fused-ring (bicyclic) bond motifs is 1. The molecule has 0 aliphatic carbocycles. The van der Waals surface area contributed by atoms with E-state index in [0.717, 1.165) is 28.7 Å². The van der Waals surface area contributed by atoms with Crippen molar-refractivity contribution >= 4 is 47.3 Å². The lowest BCUT2D eigenvalue weighted by molar-refractivity contribution is -0.120. The summed E-state index contributed by atoms with van der Waals surface area (Å²) in [5.41, 5.74) is 1.97. The van der Waals surface area contributed by atoms with Gasteiger partial charge < -0.3 is 10.4 Å². The van der Waals surface area contributed by atoms with Gasteiger partial charge in [-0.2, -0.15) is 0 Å². The molecule has 13 heteroatoms. The van der Waals surface area contributed by atoms with Crippen LogP contribution in [-0.4, -0.2) is 56.4 Å². The van der Waals surface area contributed by atoms with Gasteiger partial charge in [0.15, 0.2) is 15.1 Å². The van der Waals surface area contributed by atoms with Crippen LogP contribution in [0.3, 0.4) is 0 Å². The molecule has 1 aromatic carbocycles. The molecule has 0 aliphatic heterocycles. The Morgan fingerprint density at radius 1 is 1.20 bits per heavy atom. The fraction of sp³-hybridized carbons (Fsp3) is 0.235. The van der Waals surface area contributed by atoms with Gasteiger partial charge in [-0.25, -0.2) is 31.9 Å². The number of benzene rings is 1. The largest absolute Gasteiger partial charge is 0.493 e. The van der Waals surface area contributed by atoms with E-state index in [4.69, 9.17) is 5.14 Å². The number of primary sulfonamides is 1. The molecule has 2 aromatic heterocycles. The molecule has 30 heavy (non-hydrogen) atoms. The number of sulfonamides is 1. The fourth-order valence-electron chi connectivity index (χ4n) is 2.69. The number of sulfone groups is 1. The Bertz CT molecular complexity index is 1300. The maximum atomic E-state index is 12.5. The number of rotatable bonds is 7. The monoisotopic (exact) mass is 470 g/mol. The molecule has 0 fully saturated rings. The predicted octanol–water partition coefficient (Wildman–Crippen LogP) is 0.554. The number of nitrogens with zero attached hydrogens (tertiary/aromatic N) is 2. The number of carbonyl (C=O) groups excluding carboxylic acids is 1. The van der Waals surface area contributed by atoms with Crippen molar-refractivity contribution in [1.82, 2.24) is 15.3 Å². The molecular weight excluding hydrogens is 452 g/mol. The summed E-state index contributed by atoms with van der Waals surface area (Å²) in [4.78, 5) is 20.6. The Morgan fingerprint density at radius 3 is 2.50 bits per heavy atom. The van der Waals surface area contributed by atoms with Gasteiger partial charge in [0.1, 0.15) is 5.01 Å². The minimum absolute atomic E-state index is 0.0709. The van der Waals surface area contributed by atoms with Crippen LogP contribution >= 0.6 is 11.3 Å². The highest BCUT2D eigenvalue weighted by atomic mass is 32.2. The number of nitrogens with two attached hydrogens (primary N) is 1. The number of nitrogens with one attached hydrogen (secondary N) is 1. The summed E-state index contributed by atoms with van der Waals surface area (Å²) < 4.78 is 47.2. The molecule has 0 aliphatic rings. The summed E-state index contributed by atoms with van der Waals surface area (Å²) in [7, 11) is -7.68. The Balaban J connectivity index is 1.93. The van der Waals surface area contributed by atoms with E-state index in [0.29, 0.717) is 10.2 Å². The molecule has 10 nitrogen and oxygen atoms in total. The highest BCUT2D eigenvalue weighted by Crippen LogP contribution is 2.33. The van der Waals surface area contributed by atoms with Crippen LogP contribution in [0.1, 0.15) is 10.3 Å². The molecule has 1 amide bonds. The van der Waals surface area contributed by atoms with Crippen LogP contribution in [0.2, 0.25) is 0 Å². The van der Waals surface area contributed by atoms with Crippen molar-refractivity contribution in [3.63, 3.8) is 0 Å². The zero-order chi connectivity index (χ0) is 22.1. The fourth-order valence-corrected chi connectivity index (χ4v) is 5.57. The van der Waals surface area contributed by atoms with E-state index in [9.17, 15) is 26.7 Å². The molecule has 0 saturated heterocycles. The summed E-state index contributed by atoms with van der Waals surface area (Å²) in [6.45, 7) is -0.313. The molecule has 3 rings (SSSR count). The number of carbonyl (C=O) groups is 1. The molecule has 3 aromatic rings. The third-order valence-electron chi connectivity index (χ3n) is 4.06. The van der Waals surface area contributed by atoms with E-state index in [1.807, 2.05) is 0 Å². The van der Waals surface area contributed by atoms with Gasteiger partial charge >= 0.3 is 0 Å². The van der Waals surface area contributed by atoms with Gasteiger partial charge in [-0.05, 0) is 23.8 Å². The van der Waals surface area contributed by atoms with Crippen LogP contribution in [0.25, 0.3) is 21.3 Å². The number of aromatic nitrogens is 2. The average Bonchev–Trinajstić information content (AvgIpc) is 3.02. The Labute approximate surface area is 176 Å². The van der Waals surface area contributed by atoms with E-state index in [1.165, 1.54) is 12.3 Å². The lowest BCUT2D eigenvalue weighted by Crippen LogP contribution is -2.37. The Kier molecular flexibility index (Phi) is 6.08. The minimum atomic E-state index is -3.88. The molecule has 2 heterocycles. The molecular formula is C17H18N4O6S3. The third kappa shape index (κ3) is 5.30. The highest BCUT2D eigenvalue weighted by molar-refractivity contribution is 7.91. The summed E-state index contributed by atoms with van der Waals surface area (Å²) >= 11 is 1.06. The molecule has 1 atom stereocenters. The summed E-state index contributed by atoms with van der Waals surface area (Å²) in [5.74, 6) is -1.50. The van der Waals surface area contributed by atoms with E-state index < -0.39 is 36.8 Å². The van der Waals surface area contributed by atoms with Crippen molar-refractivity contribution in [1.29, 1.82) is 0 Å². The van der Waals surface area contributed by atoms with Gasteiger partial charge in [-0.1, -0.05) is 6.07 Å². The summed E-state index contributed by atoms with van der Waals surface area (Å²) in [6, 6.07) is 8.38. The van der Waals surface area contributed by atoms with Crippen molar-refractivity contribution in [2.75, 3.05) is 18.6 Å². The minimum Gasteiger partial charge on any atom is -0.493 e. The average molecular weight is 471 g/mol. The number of hydrogen-bond donors (Lipinski definition) is 3. The van der Waals surface area contributed by atoms with Crippen molar-refractivity contribution in [2.24, 2.45) is 5.14 Å². The maximum absolute atomic E-state index is 12.5. The standard InChI is InChI=1S/C17H18N4O6S3/c1-29(24,25)15(16(23)19-6-7-30(18,26)27)17-21-12-8-10(2-4-13(12)28-17)11-3-5-14(22)20-9-11/h2-5,8-9,15H,6-7H2,1H3,(H,19,23)(H,20,22)(H2,18,26,27). The van der Waals surface area contributed by atoms with Crippen LogP contribution in [0.4, 0.5) is 0 Å². The zero-order valence-electron chi connectivity index (χ0n) is 15.6. The molecule has 0 spiro atoms. The van der Waals surface area contributed by atoms with Crippen molar-refractivity contribution < 1.29 is 26.7 Å². The van der Waals surface area contributed by atoms with Crippen LogP contribution in [-0.2, 0) is 24.7 Å². The normalized spacial score (nSPS) is 13.3. The number of thiazole rings is 1. The van der Waals surface area contributed by atoms with Gasteiger partial charge in [-0.15, -0.1) is 11.3 Å². The third-order valence-corrected chi connectivity index (χ3v) is 7.38. The van der Waals surface area contributed by atoms with Crippen LogP contribution in [0.5, 0.6) is 5.88 Å². The van der Waals surface area contributed by atoms with Gasteiger partial charge in [0.25, 0.3) is 0 Å². The number of pyridine rings is 1. The first kappa shape index (κ1) is 22.1. The zero-order valence-corrected chi connectivity index (χ0v) is 18.1. The van der Waals surface area contributed by atoms with Crippen molar-refractivity contribution in [3.05, 3.63) is 41.5 Å². The molecule has 0 radical (unpaired) electrons. The molecule has 160 valence electrons. The Morgan fingerprint density at radius 2 is 1.90 bits per heavy atom. The molecule has 4 N–H and O–H groups in total.